The Balaban J connectivity index is 2.51. The van der Waals surface area contributed by atoms with Crippen molar-refractivity contribution in [2.75, 3.05) is 13.1 Å². The van der Waals surface area contributed by atoms with E-state index in [0.29, 0.717) is 19.5 Å². The fourth-order valence-corrected chi connectivity index (χ4v) is 2.02. The molecule has 0 unspecified atom stereocenters. The molecule has 1 amide bonds. The Morgan fingerprint density at radius 2 is 2.07 bits per heavy atom. The summed E-state index contributed by atoms with van der Waals surface area (Å²) in [6.07, 6.45) is 0.126. The van der Waals surface area contributed by atoms with Crippen LogP contribution in [-0.2, 0) is 9.53 Å². The molecule has 1 radical (unpaired) electrons. The van der Waals surface area contributed by atoms with Crippen molar-refractivity contribution in [3.05, 3.63) is 3.17 Å². The van der Waals surface area contributed by atoms with Gasteiger partial charge in [-0.05, 0) is 0 Å². The number of carbonyl (C=O) groups excluding carboxylic acids is 2. The van der Waals surface area contributed by atoms with E-state index in [-0.39, 0.29) is 11.9 Å². The molecule has 0 aromatic rings. The first-order valence-corrected chi connectivity index (χ1v) is 6.13. The summed E-state index contributed by atoms with van der Waals surface area (Å²) in [7, 11) is 0. The van der Waals surface area contributed by atoms with E-state index < -0.39 is 5.60 Å². The van der Waals surface area contributed by atoms with Gasteiger partial charge in [0.2, 0.25) is 0 Å². The van der Waals surface area contributed by atoms with Crippen LogP contribution in [0.1, 0.15) is 27.2 Å². The second-order valence-corrected chi connectivity index (χ2v) is 6.06. The van der Waals surface area contributed by atoms with Crippen LogP contribution in [0.4, 0.5) is 4.79 Å². The third kappa shape index (κ3) is 4.13. The average Bonchev–Trinajstić information content (AvgIpc) is 2.06. The topological polar surface area (TPSA) is 46.6 Å². The van der Waals surface area contributed by atoms with Gasteiger partial charge >= 0.3 is 108 Å². The van der Waals surface area contributed by atoms with E-state index in [4.69, 9.17) is 4.74 Å². The Morgan fingerprint density at radius 3 is 2.53 bits per heavy atom. The number of rotatable bonds is 0. The van der Waals surface area contributed by atoms with Gasteiger partial charge in [-0.2, -0.15) is 0 Å². The van der Waals surface area contributed by atoms with E-state index >= 15 is 0 Å². The fourth-order valence-electron chi connectivity index (χ4n) is 1.39. The first kappa shape index (κ1) is 13.0. The molecule has 0 bridgehead atoms. The van der Waals surface area contributed by atoms with E-state index in [9.17, 15) is 9.59 Å². The molecule has 0 spiro atoms. The fraction of sp³-hybridized carbons (Fsp3) is 0.700. The minimum absolute atomic E-state index is 0.210. The molecule has 0 saturated carbocycles. The number of hydrogen-bond acceptors (Lipinski definition) is 3. The Kier molecular flexibility index (Phi) is 4.20. The normalized spacial score (nSPS) is 19.3. The van der Waals surface area contributed by atoms with Crippen molar-refractivity contribution in [2.24, 2.45) is 0 Å². The van der Waals surface area contributed by atoms with Crippen LogP contribution in [0, 0.1) is 3.17 Å². The standard InChI is InChI=1S/C10H15NO3.Na/c1-10(2,3)14-9(13)11-6-4-8(12)5-7-11;/h4,6-7H2,1-3H3;. The van der Waals surface area contributed by atoms with Crippen molar-refractivity contribution >= 4 is 39.8 Å². The molecule has 0 aromatic heterocycles. The molecule has 1 rings (SSSR count). The van der Waals surface area contributed by atoms with E-state index in [2.05, 4.69) is 0 Å². The van der Waals surface area contributed by atoms with Crippen LogP contribution < -0.4 is 0 Å². The number of Topliss-reactive ketones (excluding diaryl/α,β-unsaturated/α-hetero) is 1. The number of likely N-dealkylation sites (tertiary alicyclic amines) is 1. The zero-order valence-corrected chi connectivity index (χ0v) is 11.8. The SMILES string of the molecule is CC(C)(C)OC(=O)N1CCC(=O)[C]([Na])C1. The maximum absolute atomic E-state index is 11.7. The van der Waals surface area contributed by atoms with Crippen LogP contribution in [0.3, 0.4) is 0 Å². The molecular weight excluding hydrogens is 205 g/mol. The number of carbonyl (C=O) groups is 2. The van der Waals surface area contributed by atoms with E-state index in [1.165, 1.54) is 0 Å². The van der Waals surface area contributed by atoms with Gasteiger partial charge in [0.1, 0.15) is 0 Å². The van der Waals surface area contributed by atoms with Crippen molar-refractivity contribution < 1.29 is 14.3 Å². The van der Waals surface area contributed by atoms with Gasteiger partial charge < -0.3 is 0 Å². The van der Waals surface area contributed by atoms with Gasteiger partial charge in [0, 0.05) is 0 Å². The third-order valence-corrected chi connectivity index (χ3v) is 3.04. The van der Waals surface area contributed by atoms with E-state index in [1.54, 1.807) is 4.90 Å². The van der Waals surface area contributed by atoms with Gasteiger partial charge in [0.15, 0.2) is 0 Å². The van der Waals surface area contributed by atoms with Crippen molar-refractivity contribution in [2.45, 2.75) is 32.8 Å². The molecule has 0 atom stereocenters. The van der Waals surface area contributed by atoms with Crippen molar-refractivity contribution in [1.82, 2.24) is 4.90 Å². The summed E-state index contributed by atoms with van der Waals surface area (Å²) in [5.74, 6) is 0.210. The van der Waals surface area contributed by atoms with Crippen LogP contribution in [0.2, 0.25) is 0 Å². The second kappa shape index (κ2) is 4.85. The van der Waals surface area contributed by atoms with Crippen LogP contribution >= 0.6 is 0 Å². The molecular formula is C10H15NNaO3. The first-order chi connectivity index (χ1) is 6.79. The monoisotopic (exact) mass is 220 g/mol. The molecule has 1 aliphatic heterocycles. The van der Waals surface area contributed by atoms with E-state index in [0.717, 1.165) is 31.1 Å². The Morgan fingerprint density at radius 1 is 1.47 bits per heavy atom. The molecule has 4 nitrogen and oxygen atoms in total. The van der Waals surface area contributed by atoms with Crippen LogP contribution in [0.15, 0.2) is 0 Å². The quantitative estimate of drug-likeness (QED) is 0.570. The van der Waals surface area contributed by atoms with Gasteiger partial charge in [-0.15, -0.1) is 0 Å². The second-order valence-electron chi connectivity index (χ2n) is 4.86. The zero-order chi connectivity index (χ0) is 11.6. The van der Waals surface area contributed by atoms with Crippen molar-refractivity contribution in [1.29, 1.82) is 0 Å². The molecule has 1 saturated heterocycles. The Hall–Kier alpha value is -0.0600. The molecule has 1 fully saturated rings. The first-order valence-electron chi connectivity index (χ1n) is 5.13. The molecule has 1 aliphatic rings. The number of nitrogens with zero attached hydrogens (tertiary/aromatic N) is 1. The summed E-state index contributed by atoms with van der Waals surface area (Å²) in [6.45, 7) is 6.46. The summed E-state index contributed by atoms with van der Waals surface area (Å²) >= 11 is 0.728. The van der Waals surface area contributed by atoms with Gasteiger partial charge in [0.05, 0.1) is 0 Å². The van der Waals surface area contributed by atoms with Crippen molar-refractivity contribution in [3.63, 3.8) is 0 Å². The van der Waals surface area contributed by atoms with Crippen LogP contribution in [0.25, 0.3) is 0 Å². The molecule has 1 heterocycles. The molecule has 5 heteroatoms. The number of hydrogen-bond donors (Lipinski definition) is 0. The Bertz CT molecular complexity index is 272. The molecule has 79 valence electrons. The summed E-state index contributed by atoms with van der Waals surface area (Å²) in [4.78, 5) is 24.5. The molecule has 0 aromatic carbocycles. The van der Waals surface area contributed by atoms with Crippen LogP contribution in [-0.4, -0.2) is 63.4 Å². The number of amides is 1. The molecule has 0 N–H and O–H groups in total. The molecule has 15 heavy (non-hydrogen) atoms. The summed E-state index contributed by atoms with van der Waals surface area (Å²) in [5.41, 5.74) is -0.468. The number of ketones is 1. The summed E-state index contributed by atoms with van der Waals surface area (Å²) in [5, 5.41) is 0. The Labute approximate surface area is 108 Å². The molecule has 0 aliphatic carbocycles. The summed E-state index contributed by atoms with van der Waals surface area (Å²) in [6, 6.07) is 0. The summed E-state index contributed by atoms with van der Waals surface area (Å²) < 4.78 is 6.11. The maximum atomic E-state index is 11.7. The average molecular weight is 220 g/mol. The van der Waals surface area contributed by atoms with Gasteiger partial charge in [-0.1, -0.05) is 0 Å². The van der Waals surface area contributed by atoms with Crippen LogP contribution in [0.5, 0.6) is 0 Å². The van der Waals surface area contributed by atoms with Gasteiger partial charge in [-0.25, -0.2) is 0 Å². The predicted molar refractivity (Wildman–Crippen MR) is 56.4 cm³/mol. The third-order valence-electron chi connectivity index (χ3n) is 2.16. The number of piperidine rings is 1. The van der Waals surface area contributed by atoms with Crippen molar-refractivity contribution in [3.8, 4) is 0 Å². The van der Waals surface area contributed by atoms with Gasteiger partial charge in [0.25, 0.3) is 0 Å². The predicted octanol–water partition coefficient (Wildman–Crippen LogP) is 0.897. The minimum atomic E-state index is -0.468. The van der Waals surface area contributed by atoms with Gasteiger partial charge in [-0.3, -0.25) is 0 Å². The zero-order valence-electron chi connectivity index (χ0n) is 9.79. The number of ether oxygens (including phenoxy) is 1. The van der Waals surface area contributed by atoms with E-state index in [1.807, 2.05) is 20.8 Å².